The number of carbonyl (C=O) groups is 2. The standard InChI is InChI=1S/C45H74O9/c1-13-15-43(54-45(52)21-19-31(4)22-29(2)16-14-17-30(3)26-41(50)42(51)28-38(11)47)35(8)23-32(5)18-20-44(53-39(12)48)36(9)25-33(6)24-34(7)40(49)27-37(10)46/h14,16-19,21-22,24,26,34-38,40-44,46-47,49-51H,13,15,20,23,25,27-28H2,1-12H3/b17-14+,21-19+,29-16+,30-26+,31-22+,32-18+,33-24+/t34-,35+,36+,37-,38+,40-,41+,42+,43?,44-/m1/s1. The first kappa shape index (κ1) is 50.9. The molecule has 0 fully saturated rings. The molecular formula is C45H74O9. The molecule has 0 aromatic rings. The van der Waals surface area contributed by atoms with E-state index in [2.05, 4.69) is 33.8 Å². The lowest BCUT2D eigenvalue weighted by molar-refractivity contribution is -0.148. The van der Waals surface area contributed by atoms with Gasteiger partial charge in [-0.25, -0.2) is 4.79 Å². The SMILES string of the molecule is CCCC(OC(=O)/C=C/C(C)=C/C(C)=C/C=C/C(C)=C/[C@H](O)[C@@H](O)C[C@H](C)O)[C@@H](C)C/C(C)=C/C[C@@H](OC(C)=O)[C@@H](C)C/C(C)=C/[C@@H](C)[C@H](O)C[C@@H](C)O. The quantitative estimate of drug-likeness (QED) is 0.0269. The van der Waals surface area contributed by atoms with Gasteiger partial charge in [-0.05, 0) is 86.0 Å². The maximum absolute atomic E-state index is 12.9. The molecule has 9 heteroatoms. The van der Waals surface area contributed by atoms with Gasteiger partial charge in [0, 0.05) is 31.8 Å². The summed E-state index contributed by atoms with van der Waals surface area (Å²) in [5, 5.41) is 49.4. The Morgan fingerprint density at radius 1 is 0.648 bits per heavy atom. The van der Waals surface area contributed by atoms with Crippen molar-refractivity contribution in [2.45, 2.75) is 171 Å². The molecule has 0 aromatic carbocycles. The smallest absolute Gasteiger partial charge is 0.331 e. The van der Waals surface area contributed by atoms with Crippen molar-refractivity contribution in [3.8, 4) is 0 Å². The normalized spacial score (nSPS) is 19.5. The molecule has 0 aliphatic heterocycles. The highest BCUT2D eigenvalue weighted by molar-refractivity contribution is 5.82. The fourth-order valence-electron chi connectivity index (χ4n) is 6.35. The van der Waals surface area contributed by atoms with E-state index in [1.807, 2.05) is 65.0 Å². The van der Waals surface area contributed by atoms with Gasteiger partial charge in [-0.2, -0.15) is 0 Å². The van der Waals surface area contributed by atoms with Gasteiger partial charge in [-0.15, -0.1) is 0 Å². The van der Waals surface area contributed by atoms with Gasteiger partial charge in [0.25, 0.3) is 0 Å². The molecule has 0 saturated heterocycles. The number of esters is 2. The molecule has 1 unspecified atom stereocenters. The van der Waals surface area contributed by atoms with Gasteiger partial charge in [-0.1, -0.05) is 111 Å². The molecular weight excluding hydrogens is 684 g/mol. The summed E-state index contributed by atoms with van der Waals surface area (Å²) in [5.41, 5.74) is 4.84. The van der Waals surface area contributed by atoms with Crippen molar-refractivity contribution in [1.82, 2.24) is 0 Å². The highest BCUT2D eigenvalue weighted by atomic mass is 16.5. The molecule has 0 heterocycles. The van der Waals surface area contributed by atoms with Crippen LogP contribution in [0, 0.1) is 17.8 Å². The minimum atomic E-state index is -1.06. The first-order valence-electron chi connectivity index (χ1n) is 19.7. The number of hydrogen-bond donors (Lipinski definition) is 5. The maximum atomic E-state index is 12.9. The Balaban J connectivity index is 5.41. The van der Waals surface area contributed by atoms with E-state index in [4.69, 9.17) is 9.47 Å². The minimum Gasteiger partial charge on any atom is -0.462 e. The molecule has 0 aromatic heterocycles. The zero-order valence-corrected chi connectivity index (χ0v) is 35.3. The van der Waals surface area contributed by atoms with Crippen LogP contribution in [0.5, 0.6) is 0 Å². The summed E-state index contributed by atoms with van der Waals surface area (Å²) in [4.78, 5) is 24.9. The molecule has 54 heavy (non-hydrogen) atoms. The van der Waals surface area contributed by atoms with E-state index < -0.39 is 36.5 Å². The molecule has 5 N–H and O–H groups in total. The topological polar surface area (TPSA) is 154 Å². The summed E-state index contributed by atoms with van der Waals surface area (Å²) >= 11 is 0. The lowest BCUT2D eigenvalue weighted by Gasteiger charge is -2.25. The lowest BCUT2D eigenvalue weighted by atomic mass is 9.89. The van der Waals surface area contributed by atoms with E-state index in [-0.39, 0.29) is 42.4 Å². The van der Waals surface area contributed by atoms with Crippen LogP contribution in [0.2, 0.25) is 0 Å². The summed E-state index contributed by atoms with van der Waals surface area (Å²) in [6, 6.07) is 0. The van der Waals surface area contributed by atoms with Crippen molar-refractivity contribution in [1.29, 1.82) is 0 Å². The second-order valence-electron chi connectivity index (χ2n) is 15.6. The molecule has 0 aliphatic rings. The largest absolute Gasteiger partial charge is 0.462 e. The minimum absolute atomic E-state index is 0.0520. The number of aliphatic hydroxyl groups is 5. The van der Waals surface area contributed by atoms with Crippen LogP contribution in [-0.4, -0.2) is 80.2 Å². The number of ether oxygens (including phenoxy) is 2. The van der Waals surface area contributed by atoms with Crippen LogP contribution in [0.1, 0.15) is 128 Å². The monoisotopic (exact) mass is 759 g/mol. The van der Waals surface area contributed by atoms with Gasteiger partial charge in [-0.3, -0.25) is 4.79 Å². The highest BCUT2D eigenvalue weighted by Gasteiger charge is 2.23. The Labute approximate surface area is 326 Å². The predicted molar refractivity (Wildman–Crippen MR) is 219 cm³/mol. The summed E-state index contributed by atoms with van der Waals surface area (Å²) in [6.45, 7) is 22.5. The summed E-state index contributed by atoms with van der Waals surface area (Å²) in [7, 11) is 0. The van der Waals surface area contributed by atoms with Crippen molar-refractivity contribution in [2.75, 3.05) is 0 Å². The third-order valence-electron chi connectivity index (χ3n) is 9.22. The Morgan fingerprint density at radius 2 is 1.22 bits per heavy atom. The number of hydrogen-bond acceptors (Lipinski definition) is 9. The zero-order chi connectivity index (χ0) is 41.5. The Kier molecular flexibility index (Phi) is 25.9. The van der Waals surface area contributed by atoms with Crippen LogP contribution in [-0.2, 0) is 19.1 Å². The first-order valence-corrected chi connectivity index (χ1v) is 19.7. The molecule has 308 valence electrons. The molecule has 0 spiro atoms. The van der Waals surface area contributed by atoms with E-state index in [0.717, 1.165) is 47.1 Å². The molecule has 0 aliphatic carbocycles. The molecule has 10 atom stereocenters. The first-order chi connectivity index (χ1) is 25.1. The van der Waals surface area contributed by atoms with Gasteiger partial charge < -0.3 is 35.0 Å². The summed E-state index contributed by atoms with van der Waals surface area (Å²) in [5.74, 6) is -0.691. The van der Waals surface area contributed by atoms with Gasteiger partial charge >= 0.3 is 11.9 Å². The Morgan fingerprint density at radius 3 is 1.80 bits per heavy atom. The fourth-order valence-corrected chi connectivity index (χ4v) is 6.35. The number of allylic oxidation sites excluding steroid dienone is 10. The van der Waals surface area contributed by atoms with Crippen molar-refractivity contribution >= 4 is 11.9 Å². The number of rotatable bonds is 25. The third-order valence-corrected chi connectivity index (χ3v) is 9.22. The number of aliphatic hydroxyl groups excluding tert-OH is 5. The van der Waals surface area contributed by atoms with Crippen LogP contribution in [0.15, 0.2) is 82.5 Å². The van der Waals surface area contributed by atoms with Crippen LogP contribution in [0.4, 0.5) is 0 Å². The van der Waals surface area contributed by atoms with E-state index in [1.54, 1.807) is 26.0 Å². The summed E-state index contributed by atoms with van der Waals surface area (Å²) in [6.07, 6.45) is 15.9. The van der Waals surface area contributed by atoms with Crippen molar-refractivity contribution in [2.24, 2.45) is 17.8 Å². The van der Waals surface area contributed by atoms with E-state index in [9.17, 15) is 35.1 Å². The zero-order valence-electron chi connectivity index (χ0n) is 35.3. The second-order valence-corrected chi connectivity index (χ2v) is 15.6. The molecule has 0 amide bonds. The van der Waals surface area contributed by atoms with Gasteiger partial charge in [0.05, 0.1) is 30.5 Å². The molecule has 0 radical (unpaired) electrons. The molecule has 0 bridgehead atoms. The van der Waals surface area contributed by atoms with Crippen molar-refractivity contribution < 1.29 is 44.6 Å². The average molecular weight is 759 g/mol. The molecule has 0 saturated carbocycles. The van der Waals surface area contributed by atoms with E-state index >= 15 is 0 Å². The fraction of sp³-hybridized carbons (Fsp3) is 0.644. The van der Waals surface area contributed by atoms with Crippen molar-refractivity contribution in [3.63, 3.8) is 0 Å². The number of carbonyl (C=O) groups excluding carboxylic acids is 2. The highest BCUT2D eigenvalue weighted by Crippen LogP contribution is 2.26. The van der Waals surface area contributed by atoms with E-state index in [1.165, 1.54) is 13.0 Å². The maximum Gasteiger partial charge on any atom is 0.331 e. The van der Waals surface area contributed by atoms with E-state index in [0.29, 0.717) is 19.3 Å². The van der Waals surface area contributed by atoms with Crippen LogP contribution in [0.25, 0.3) is 0 Å². The van der Waals surface area contributed by atoms with Crippen molar-refractivity contribution in [3.05, 3.63) is 82.5 Å². The third kappa shape index (κ3) is 24.4. The van der Waals surface area contributed by atoms with Gasteiger partial charge in [0.2, 0.25) is 0 Å². The average Bonchev–Trinajstić information content (AvgIpc) is 3.04. The molecule has 9 nitrogen and oxygen atoms in total. The molecule has 0 rings (SSSR count). The lowest BCUT2D eigenvalue weighted by Crippen LogP contribution is -2.27. The summed E-state index contributed by atoms with van der Waals surface area (Å²) < 4.78 is 11.7. The predicted octanol–water partition coefficient (Wildman–Crippen LogP) is 8.18. The van der Waals surface area contributed by atoms with Crippen LogP contribution < -0.4 is 0 Å². The van der Waals surface area contributed by atoms with Crippen LogP contribution in [0.3, 0.4) is 0 Å². The second kappa shape index (κ2) is 27.5. The van der Waals surface area contributed by atoms with Gasteiger partial charge in [0.15, 0.2) is 0 Å². The van der Waals surface area contributed by atoms with Crippen LogP contribution >= 0.6 is 0 Å². The Bertz CT molecular complexity index is 1330. The Hall–Kier alpha value is -3.08. The van der Waals surface area contributed by atoms with Gasteiger partial charge in [0.1, 0.15) is 12.2 Å².